The van der Waals surface area contributed by atoms with Crippen LogP contribution in [0.3, 0.4) is 0 Å². The van der Waals surface area contributed by atoms with Crippen LogP contribution in [-0.4, -0.2) is 33.1 Å². The van der Waals surface area contributed by atoms with E-state index in [0.29, 0.717) is 21.9 Å². The van der Waals surface area contributed by atoms with Crippen molar-refractivity contribution in [3.63, 3.8) is 0 Å². The molecule has 0 aliphatic carbocycles. The molecule has 0 aliphatic heterocycles. The lowest BCUT2D eigenvalue weighted by Gasteiger charge is -2.09. The Kier molecular flexibility index (Phi) is 5.62. The molecule has 1 aromatic carbocycles. The zero-order valence-corrected chi connectivity index (χ0v) is 15.5. The number of amides is 1. The molecule has 0 radical (unpaired) electrons. The summed E-state index contributed by atoms with van der Waals surface area (Å²) in [4.78, 5) is 21.8. The molecule has 1 N–H and O–H groups in total. The number of carbonyl (C=O) groups is 1. The molecule has 0 saturated carbocycles. The van der Waals surface area contributed by atoms with Gasteiger partial charge in [0, 0.05) is 25.1 Å². The summed E-state index contributed by atoms with van der Waals surface area (Å²) in [5.74, 6) is 1.33. The molecule has 3 rings (SSSR count). The summed E-state index contributed by atoms with van der Waals surface area (Å²) < 4.78 is 0. The largest absolute Gasteiger partial charge is 0.292 e. The maximum atomic E-state index is 11.4. The van der Waals surface area contributed by atoms with Crippen molar-refractivity contribution in [3.05, 3.63) is 52.8 Å². The third kappa shape index (κ3) is 4.77. The number of hydrogen-bond donors (Lipinski definition) is 1. The minimum absolute atomic E-state index is 0.0302. The van der Waals surface area contributed by atoms with Crippen molar-refractivity contribution < 1.29 is 4.79 Å². The molecule has 0 fully saturated rings. The van der Waals surface area contributed by atoms with Gasteiger partial charge in [-0.2, -0.15) is 0 Å². The van der Waals surface area contributed by atoms with Gasteiger partial charge in [0.05, 0.1) is 5.69 Å². The van der Waals surface area contributed by atoms with Gasteiger partial charge in [0.2, 0.25) is 11.1 Å². The summed E-state index contributed by atoms with van der Waals surface area (Å²) in [5.41, 5.74) is 2.02. The zero-order valence-electron chi connectivity index (χ0n) is 13.8. The fraction of sp³-hybridized carbons (Fsp3) is 0.176. The number of aromatic nitrogens is 4. The molecule has 0 atom stereocenters. The Morgan fingerprint density at radius 3 is 2.84 bits per heavy atom. The number of anilines is 1. The van der Waals surface area contributed by atoms with Crippen LogP contribution in [-0.2, 0) is 10.5 Å². The first-order valence-electron chi connectivity index (χ1n) is 7.59. The van der Waals surface area contributed by atoms with Crippen molar-refractivity contribution in [3.8, 4) is 0 Å². The predicted molar refractivity (Wildman–Crippen MR) is 103 cm³/mol. The third-order valence-corrected chi connectivity index (χ3v) is 5.21. The lowest BCUT2D eigenvalue weighted by Crippen LogP contribution is -2.22. The molecule has 0 spiro atoms. The number of hydrogen-bond acceptors (Lipinski definition) is 6. The van der Waals surface area contributed by atoms with E-state index in [1.807, 2.05) is 47.9 Å². The average Bonchev–Trinajstić information content (AvgIpc) is 3.27. The third-order valence-electron chi connectivity index (χ3n) is 3.36. The van der Waals surface area contributed by atoms with Gasteiger partial charge in [-0.05, 0) is 11.6 Å². The Balaban J connectivity index is 1.57. The van der Waals surface area contributed by atoms with E-state index in [2.05, 4.69) is 20.2 Å². The summed E-state index contributed by atoms with van der Waals surface area (Å²) in [6, 6.07) is 10.0. The van der Waals surface area contributed by atoms with Crippen molar-refractivity contribution in [1.82, 2.24) is 20.2 Å². The SMILES string of the molecule is CC(=O)N(C)c1nc(CSc2n[nH]c(/C=C/c3ccccc3)n2)cs1. The van der Waals surface area contributed by atoms with Gasteiger partial charge in [-0.25, -0.2) is 9.97 Å². The monoisotopic (exact) mass is 371 g/mol. The van der Waals surface area contributed by atoms with Crippen LogP contribution in [0, 0.1) is 0 Å². The Hall–Kier alpha value is -2.45. The first kappa shape index (κ1) is 17.4. The number of aromatic amines is 1. The molecule has 3 aromatic rings. The molecule has 128 valence electrons. The fourth-order valence-corrected chi connectivity index (χ4v) is 3.56. The first-order valence-corrected chi connectivity index (χ1v) is 9.45. The first-order chi connectivity index (χ1) is 12.1. The van der Waals surface area contributed by atoms with E-state index >= 15 is 0 Å². The number of thiazole rings is 1. The van der Waals surface area contributed by atoms with Crippen LogP contribution in [0.1, 0.15) is 24.0 Å². The molecule has 1 amide bonds. The zero-order chi connectivity index (χ0) is 17.6. The highest BCUT2D eigenvalue weighted by atomic mass is 32.2. The minimum atomic E-state index is -0.0302. The second-order valence-electron chi connectivity index (χ2n) is 5.24. The summed E-state index contributed by atoms with van der Waals surface area (Å²) >= 11 is 2.96. The molecule has 2 aromatic heterocycles. The highest BCUT2D eigenvalue weighted by molar-refractivity contribution is 7.98. The van der Waals surface area contributed by atoms with E-state index in [4.69, 9.17) is 0 Å². The Morgan fingerprint density at radius 2 is 2.08 bits per heavy atom. The van der Waals surface area contributed by atoms with Crippen molar-refractivity contribution in [2.75, 3.05) is 11.9 Å². The van der Waals surface area contributed by atoms with Crippen LogP contribution in [0.15, 0.2) is 40.9 Å². The van der Waals surface area contributed by atoms with Gasteiger partial charge in [-0.1, -0.05) is 48.2 Å². The van der Waals surface area contributed by atoms with Gasteiger partial charge in [0.15, 0.2) is 5.13 Å². The number of nitrogens with one attached hydrogen (secondary N) is 1. The lowest BCUT2D eigenvalue weighted by atomic mass is 10.2. The van der Waals surface area contributed by atoms with E-state index in [-0.39, 0.29) is 5.91 Å². The molecule has 0 saturated heterocycles. The van der Waals surface area contributed by atoms with Crippen molar-refractivity contribution in [1.29, 1.82) is 0 Å². The summed E-state index contributed by atoms with van der Waals surface area (Å²) in [6.07, 6.45) is 3.88. The molecule has 0 bridgehead atoms. The second kappa shape index (κ2) is 8.09. The van der Waals surface area contributed by atoms with Gasteiger partial charge >= 0.3 is 0 Å². The number of thioether (sulfide) groups is 1. The van der Waals surface area contributed by atoms with E-state index < -0.39 is 0 Å². The smallest absolute Gasteiger partial charge is 0.225 e. The molecule has 2 heterocycles. The van der Waals surface area contributed by atoms with E-state index in [1.54, 1.807) is 7.05 Å². The molecule has 0 unspecified atom stereocenters. The Morgan fingerprint density at radius 1 is 1.28 bits per heavy atom. The van der Waals surface area contributed by atoms with E-state index in [0.717, 1.165) is 11.3 Å². The highest BCUT2D eigenvalue weighted by Crippen LogP contribution is 2.24. The Labute approximate surface area is 154 Å². The van der Waals surface area contributed by atoms with Crippen LogP contribution in [0.4, 0.5) is 5.13 Å². The molecular formula is C17H17N5OS2. The van der Waals surface area contributed by atoms with Gasteiger partial charge in [0.25, 0.3) is 0 Å². The number of carbonyl (C=O) groups excluding carboxylic acids is 1. The second-order valence-corrected chi connectivity index (χ2v) is 7.01. The van der Waals surface area contributed by atoms with Gasteiger partial charge in [0.1, 0.15) is 5.82 Å². The molecule has 8 heteroatoms. The summed E-state index contributed by atoms with van der Waals surface area (Å²) in [7, 11) is 1.72. The van der Waals surface area contributed by atoms with Gasteiger partial charge in [-0.3, -0.25) is 14.8 Å². The van der Waals surface area contributed by atoms with E-state index in [9.17, 15) is 4.79 Å². The van der Waals surface area contributed by atoms with Crippen molar-refractivity contribution in [2.24, 2.45) is 0 Å². The lowest BCUT2D eigenvalue weighted by molar-refractivity contribution is -0.116. The molecular weight excluding hydrogens is 354 g/mol. The fourth-order valence-electron chi connectivity index (χ4n) is 1.93. The van der Waals surface area contributed by atoms with Crippen LogP contribution < -0.4 is 4.90 Å². The normalized spacial score (nSPS) is 11.1. The van der Waals surface area contributed by atoms with Crippen LogP contribution in [0.25, 0.3) is 12.2 Å². The summed E-state index contributed by atoms with van der Waals surface area (Å²) in [5, 5.41) is 10.4. The van der Waals surface area contributed by atoms with E-state index in [1.165, 1.54) is 34.9 Å². The van der Waals surface area contributed by atoms with Gasteiger partial charge < -0.3 is 0 Å². The quantitative estimate of drug-likeness (QED) is 0.669. The number of nitrogens with zero attached hydrogens (tertiary/aromatic N) is 4. The van der Waals surface area contributed by atoms with Crippen molar-refractivity contribution >= 4 is 46.3 Å². The number of H-pyrrole nitrogens is 1. The highest BCUT2D eigenvalue weighted by Gasteiger charge is 2.11. The predicted octanol–water partition coefficient (Wildman–Crippen LogP) is 3.71. The molecule has 6 nitrogen and oxygen atoms in total. The van der Waals surface area contributed by atoms with Crippen molar-refractivity contribution in [2.45, 2.75) is 17.8 Å². The number of benzene rings is 1. The van der Waals surface area contributed by atoms with Crippen LogP contribution in [0.2, 0.25) is 0 Å². The standard InChI is InChI=1S/C17H17N5OS2/c1-12(23)22(2)17-18-14(11-25-17)10-24-16-19-15(20-21-16)9-8-13-6-4-3-5-7-13/h3-9,11H,10H2,1-2H3,(H,19,20,21)/b9-8+. The minimum Gasteiger partial charge on any atom is -0.292 e. The van der Waals surface area contributed by atoms with Gasteiger partial charge in [-0.15, -0.1) is 16.4 Å². The van der Waals surface area contributed by atoms with Crippen LogP contribution >= 0.6 is 23.1 Å². The van der Waals surface area contributed by atoms with Crippen LogP contribution in [0.5, 0.6) is 0 Å². The topological polar surface area (TPSA) is 74.8 Å². The maximum absolute atomic E-state index is 11.4. The Bertz CT molecular complexity index is 872. The maximum Gasteiger partial charge on any atom is 0.225 e. The molecule has 0 aliphatic rings. The number of rotatable bonds is 6. The summed E-state index contributed by atoms with van der Waals surface area (Å²) in [6.45, 7) is 1.52. The average molecular weight is 371 g/mol. The molecule has 25 heavy (non-hydrogen) atoms.